The van der Waals surface area contributed by atoms with E-state index in [0.717, 1.165) is 15.7 Å². The Labute approximate surface area is 112 Å². The van der Waals surface area contributed by atoms with Crippen molar-refractivity contribution in [1.29, 1.82) is 0 Å². The normalized spacial score (nSPS) is 5.11. The number of hydrogen-bond donors (Lipinski definition) is 0. The van der Waals surface area contributed by atoms with Gasteiger partial charge in [-0.15, -0.1) is 10.7 Å². The molecular formula is C4H12CoN7O6-2. The average molecular weight is 313 g/mol. The fraction of sp³-hybridized carbons (Fsp3) is 1.00. The summed E-state index contributed by atoms with van der Waals surface area (Å²) in [7, 11) is 0. The van der Waals surface area contributed by atoms with Gasteiger partial charge in [0.15, 0.2) is 0 Å². The maximum atomic E-state index is 8.00. The van der Waals surface area contributed by atoms with E-state index in [1.807, 2.05) is 0 Å². The Bertz CT molecular complexity index is 132. The largest absolute Gasteiger partial charge is 3.00 e. The third kappa shape index (κ3) is 12600. The monoisotopic (exact) mass is 313 g/mol. The molecule has 0 aliphatic carbocycles. The summed E-state index contributed by atoms with van der Waals surface area (Å²) in [4.78, 5) is 32.0. The van der Waals surface area contributed by atoms with Gasteiger partial charge in [-0.05, 0) is 0 Å². The van der Waals surface area contributed by atoms with Crippen molar-refractivity contribution in [2.24, 2.45) is 10.7 Å². The molecule has 0 fully saturated rings. The third-order valence-corrected chi connectivity index (χ3v) is 0.250. The SMILES string of the molecule is O=N[O-].O=N[O-].O=[N+]=O.[Co+3].[NH-]CC[NH-].[NH-]CC[NH-]. The van der Waals surface area contributed by atoms with Gasteiger partial charge in [0.05, 0.1) is 0 Å². The molecule has 0 aromatic carbocycles. The number of hydrogen-bond acceptors (Lipinski definition) is 8. The molecule has 14 heteroatoms. The molecule has 0 spiro atoms. The van der Waals surface area contributed by atoms with Gasteiger partial charge in [-0.3, -0.25) is 0 Å². The van der Waals surface area contributed by atoms with Crippen molar-refractivity contribution < 1.29 is 16.8 Å². The number of nitrogens with one attached hydrogen (secondary N) is 4. The zero-order valence-electron chi connectivity index (χ0n) is 8.95. The summed E-state index contributed by atoms with van der Waals surface area (Å²) >= 11 is 0. The van der Waals surface area contributed by atoms with Gasteiger partial charge in [-0.2, -0.15) is 26.2 Å². The van der Waals surface area contributed by atoms with E-state index in [2.05, 4.69) is 0 Å². The number of nitrogens with zero attached hydrogens (tertiary/aromatic N) is 3. The van der Waals surface area contributed by atoms with Crippen LogP contribution in [0, 0.1) is 30.0 Å². The first-order chi connectivity index (χ1) is 8.07. The summed E-state index contributed by atoms with van der Waals surface area (Å²) < 4.78 is 0. The predicted molar refractivity (Wildman–Crippen MR) is 63.9 cm³/mol. The minimum Gasteiger partial charge on any atom is -0.679 e. The van der Waals surface area contributed by atoms with E-state index in [-0.39, 0.29) is 43.0 Å². The van der Waals surface area contributed by atoms with E-state index < -0.39 is 0 Å². The summed E-state index contributed by atoms with van der Waals surface area (Å²) in [6, 6.07) is 0. The van der Waals surface area contributed by atoms with Gasteiger partial charge in [0.1, 0.15) is 0 Å². The van der Waals surface area contributed by atoms with Crippen LogP contribution in [0.3, 0.4) is 0 Å². The van der Waals surface area contributed by atoms with E-state index in [0.29, 0.717) is 0 Å². The molecule has 0 aliphatic heterocycles. The Morgan fingerprint density at radius 2 is 0.833 bits per heavy atom. The van der Waals surface area contributed by atoms with Crippen LogP contribution in [0.2, 0.25) is 0 Å². The van der Waals surface area contributed by atoms with E-state index in [9.17, 15) is 0 Å². The molecule has 18 heavy (non-hydrogen) atoms. The molecule has 0 unspecified atom stereocenters. The zero-order chi connectivity index (χ0) is 14.9. The minimum absolute atomic E-state index is 0. The number of nitroso groups, excluding NO2 is 2. The second kappa shape index (κ2) is 108. The van der Waals surface area contributed by atoms with Crippen LogP contribution < -0.4 is 5.04 Å². The van der Waals surface area contributed by atoms with Crippen molar-refractivity contribution in [2.75, 3.05) is 26.2 Å². The molecule has 0 atom stereocenters. The van der Waals surface area contributed by atoms with Crippen molar-refractivity contribution in [2.45, 2.75) is 0 Å². The molecule has 110 valence electrons. The first-order valence-corrected chi connectivity index (χ1v) is 3.51. The van der Waals surface area contributed by atoms with Gasteiger partial charge in [0.25, 0.3) is 0 Å². The molecule has 0 heterocycles. The molecule has 0 rings (SSSR count). The maximum Gasteiger partial charge on any atom is 3.00 e. The maximum absolute atomic E-state index is 8.00. The summed E-state index contributed by atoms with van der Waals surface area (Å²) in [5.74, 6) is 0. The second-order valence-corrected chi connectivity index (χ2v) is 1.22. The molecule has 0 saturated heterocycles. The Kier molecular flexibility index (Phi) is 217. The molecule has 0 radical (unpaired) electrons. The van der Waals surface area contributed by atoms with E-state index in [1.54, 1.807) is 0 Å². The third-order valence-electron chi connectivity index (χ3n) is 0.250. The molecule has 13 nitrogen and oxygen atoms in total. The summed E-state index contributed by atoms with van der Waals surface area (Å²) in [5, 5.41) is 19.0. The van der Waals surface area contributed by atoms with Gasteiger partial charge in [0, 0.05) is 0 Å². The zero-order valence-corrected chi connectivity index (χ0v) is 9.99. The van der Waals surface area contributed by atoms with Crippen LogP contribution in [0.25, 0.3) is 22.9 Å². The predicted octanol–water partition coefficient (Wildman–Crippen LogP) is 2.27. The molecule has 0 aromatic rings. The van der Waals surface area contributed by atoms with Crippen LogP contribution in [0.5, 0.6) is 0 Å². The van der Waals surface area contributed by atoms with Crippen molar-refractivity contribution in [3.05, 3.63) is 53.0 Å². The van der Waals surface area contributed by atoms with Crippen LogP contribution in [0.1, 0.15) is 0 Å². The Morgan fingerprint density at radius 3 is 0.833 bits per heavy atom. The topological polar surface area (TPSA) is 248 Å². The Balaban J connectivity index is -0.0000000249. The smallest absolute Gasteiger partial charge is 0.679 e. The molecular weight excluding hydrogens is 301 g/mol. The molecule has 4 N–H and O–H groups in total. The van der Waals surface area contributed by atoms with Crippen LogP contribution in [0.4, 0.5) is 0 Å². The molecule has 0 bridgehead atoms. The molecule has 0 aliphatic rings. The van der Waals surface area contributed by atoms with Gasteiger partial charge in [0.2, 0.25) is 9.81 Å². The molecule has 0 saturated carbocycles. The van der Waals surface area contributed by atoms with Crippen molar-refractivity contribution >= 4 is 0 Å². The first kappa shape index (κ1) is 36.0. The van der Waals surface area contributed by atoms with Gasteiger partial charge >= 0.3 is 21.8 Å². The van der Waals surface area contributed by atoms with Crippen LogP contribution in [-0.2, 0) is 16.8 Å². The van der Waals surface area contributed by atoms with Gasteiger partial charge in [-0.1, -0.05) is 0 Å². The summed E-state index contributed by atoms with van der Waals surface area (Å²) in [5.41, 5.74) is 25.1. The summed E-state index contributed by atoms with van der Waals surface area (Å²) in [6.45, 7) is 0.944. The van der Waals surface area contributed by atoms with Gasteiger partial charge in [-0.25, -0.2) is 0 Å². The standard InChI is InChI=1S/2C2H6N2.Co.2HNO2.NO2/c2*3-1-2-4;;3*2-1-3/h2*3-4H,1-2H2;;2*(H,2,3);/q2*-2;+3;;;+1/p-2. The molecule has 0 aromatic heterocycles. The van der Waals surface area contributed by atoms with Gasteiger partial charge < -0.3 is 43.2 Å². The quantitative estimate of drug-likeness (QED) is 0.419. The fourth-order valence-electron chi connectivity index (χ4n) is 0. The van der Waals surface area contributed by atoms with E-state index in [1.165, 1.54) is 0 Å². The van der Waals surface area contributed by atoms with Crippen molar-refractivity contribution in [3.63, 3.8) is 0 Å². The van der Waals surface area contributed by atoms with Crippen LogP contribution in [-0.4, -0.2) is 26.2 Å². The van der Waals surface area contributed by atoms with E-state index in [4.69, 9.17) is 53.0 Å². The minimum atomic E-state index is 0. The fourth-order valence-corrected chi connectivity index (χ4v) is 0. The average Bonchev–Trinajstić information content (AvgIpc) is 2.32. The van der Waals surface area contributed by atoms with E-state index >= 15 is 0 Å². The molecule has 0 amide bonds. The van der Waals surface area contributed by atoms with Crippen molar-refractivity contribution in [1.82, 2.24) is 5.04 Å². The second-order valence-electron chi connectivity index (χ2n) is 1.22. The first-order valence-electron chi connectivity index (χ1n) is 3.51. The van der Waals surface area contributed by atoms with Crippen LogP contribution >= 0.6 is 0 Å². The number of rotatable bonds is 2. The summed E-state index contributed by atoms with van der Waals surface area (Å²) in [6.07, 6.45) is 0. The van der Waals surface area contributed by atoms with Crippen molar-refractivity contribution in [3.8, 4) is 0 Å². The Morgan fingerprint density at radius 1 is 0.778 bits per heavy atom. The van der Waals surface area contributed by atoms with Crippen LogP contribution in [0.15, 0.2) is 10.7 Å². The Hall–Kier alpha value is -1.54.